The third-order valence-electron chi connectivity index (χ3n) is 1.44. The lowest BCUT2D eigenvalue weighted by Crippen LogP contribution is -2.00. The maximum Gasteiger partial charge on any atom is 0.0374 e. The third kappa shape index (κ3) is 2.21. The van der Waals surface area contributed by atoms with E-state index in [0.717, 1.165) is 0 Å². The fourth-order valence-corrected chi connectivity index (χ4v) is 1.38. The minimum absolute atomic E-state index is 0.0864. The highest BCUT2D eigenvalue weighted by molar-refractivity contribution is 7.78. The van der Waals surface area contributed by atoms with Gasteiger partial charge in [0.25, 0.3) is 0 Å². The van der Waals surface area contributed by atoms with Gasteiger partial charge >= 0.3 is 0 Å². The van der Waals surface area contributed by atoms with Crippen LogP contribution in [0.4, 0.5) is 11.4 Å². The summed E-state index contributed by atoms with van der Waals surface area (Å²) in [6, 6.07) is 4.79. The minimum atomic E-state index is -2.12. The summed E-state index contributed by atoms with van der Waals surface area (Å²) in [5, 5.41) is 0. The maximum atomic E-state index is 10.3. The molecule has 0 aliphatic rings. The van der Waals surface area contributed by atoms with Crippen molar-refractivity contribution in [3.8, 4) is 0 Å². The van der Waals surface area contributed by atoms with Crippen LogP contribution in [0.5, 0.6) is 0 Å². The second-order valence-electron chi connectivity index (χ2n) is 2.41. The molecule has 1 atom stereocenters. The van der Waals surface area contributed by atoms with Gasteiger partial charge < -0.3 is 16.0 Å². The number of anilines is 2. The maximum absolute atomic E-state index is 10.3. The van der Waals surface area contributed by atoms with E-state index in [2.05, 4.69) is 0 Å². The Kier molecular flexibility index (Phi) is 2.67. The van der Waals surface area contributed by atoms with E-state index < -0.39 is 11.1 Å². The summed E-state index contributed by atoms with van der Waals surface area (Å²) >= 11 is -2.12. The van der Waals surface area contributed by atoms with Crippen LogP contribution in [0, 0.1) is 0 Å². The molecule has 1 aromatic rings. The van der Waals surface area contributed by atoms with Gasteiger partial charge in [-0.15, -0.1) is 0 Å². The van der Waals surface area contributed by atoms with Crippen molar-refractivity contribution in [3.63, 3.8) is 0 Å². The van der Waals surface area contributed by atoms with E-state index in [0.29, 0.717) is 16.9 Å². The number of nitrogen functional groups attached to an aromatic ring is 2. The minimum Gasteiger partial charge on any atom is -0.772 e. The number of hydrogen-bond acceptors (Lipinski definition) is 4. The molecule has 0 aromatic heterocycles. The Hall–Kier alpha value is -1.07. The summed E-state index contributed by atoms with van der Waals surface area (Å²) in [6.45, 7) is 0. The van der Waals surface area contributed by atoms with Gasteiger partial charge in [-0.3, -0.25) is 4.21 Å². The van der Waals surface area contributed by atoms with E-state index in [9.17, 15) is 8.76 Å². The molecule has 0 saturated carbocycles. The Morgan fingerprint density at radius 3 is 2.67 bits per heavy atom. The van der Waals surface area contributed by atoms with Gasteiger partial charge in [-0.2, -0.15) is 0 Å². The first-order chi connectivity index (χ1) is 5.59. The number of hydrogen-bond donors (Lipinski definition) is 2. The molecule has 0 heterocycles. The van der Waals surface area contributed by atoms with Crippen LogP contribution in [0.3, 0.4) is 0 Å². The van der Waals surface area contributed by atoms with Crippen LogP contribution in [-0.4, -0.2) is 8.76 Å². The van der Waals surface area contributed by atoms with Crippen LogP contribution in [0.25, 0.3) is 0 Å². The van der Waals surface area contributed by atoms with Gasteiger partial charge in [0, 0.05) is 17.1 Å². The molecule has 0 aliphatic heterocycles. The van der Waals surface area contributed by atoms with Gasteiger partial charge in [0.05, 0.1) is 0 Å². The molecule has 0 spiro atoms. The smallest absolute Gasteiger partial charge is 0.0374 e. The third-order valence-corrected chi connectivity index (χ3v) is 1.99. The molecule has 0 radical (unpaired) electrons. The van der Waals surface area contributed by atoms with Crippen molar-refractivity contribution in [3.05, 3.63) is 23.8 Å². The molecule has 1 unspecified atom stereocenters. The van der Waals surface area contributed by atoms with Crippen molar-refractivity contribution in [2.45, 2.75) is 5.75 Å². The fourth-order valence-electron chi connectivity index (χ4n) is 0.878. The summed E-state index contributed by atoms with van der Waals surface area (Å²) in [5.41, 5.74) is 12.5. The summed E-state index contributed by atoms with van der Waals surface area (Å²) in [5.74, 6) is -0.0864. The van der Waals surface area contributed by atoms with Gasteiger partial charge in [0.2, 0.25) is 0 Å². The lowest BCUT2D eigenvalue weighted by Gasteiger charge is -2.08. The highest BCUT2D eigenvalue weighted by Crippen LogP contribution is 2.16. The summed E-state index contributed by atoms with van der Waals surface area (Å²) in [4.78, 5) is 0. The largest absolute Gasteiger partial charge is 0.772 e. The summed E-state index contributed by atoms with van der Waals surface area (Å²) in [6.07, 6.45) is 0. The van der Waals surface area contributed by atoms with E-state index in [4.69, 9.17) is 11.5 Å². The molecule has 0 bridgehead atoms. The van der Waals surface area contributed by atoms with E-state index in [-0.39, 0.29) is 5.75 Å². The predicted molar refractivity (Wildman–Crippen MR) is 47.9 cm³/mol. The zero-order valence-corrected chi connectivity index (χ0v) is 7.14. The number of nitrogens with two attached hydrogens (primary N) is 2. The van der Waals surface area contributed by atoms with Crippen molar-refractivity contribution in [1.82, 2.24) is 0 Å². The average Bonchev–Trinajstić information content (AvgIpc) is 1.96. The molecule has 1 aromatic carbocycles. The molecule has 0 aliphatic carbocycles. The van der Waals surface area contributed by atoms with Crippen LogP contribution < -0.4 is 11.5 Å². The SMILES string of the molecule is Nc1ccc(N)c(CS(=O)[O-])c1. The van der Waals surface area contributed by atoms with Crippen molar-refractivity contribution in [2.75, 3.05) is 11.5 Å². The van der Waals surface area contributed by atoms with Crippen molar-refractivity contribution in [2.24, 2.45) is 0 Å². The number of rotatable bonds is 2. The second kappa shape index (κ2) is 3.55. The quantitative estimate of drug-likeness (QED) is 0.509. The normalized spacial score (nSPS) is 12.8. The predicted octanol–water partition coefficient (Wildman–Crippen LogP) is 0.230. The summed E-state index contributed by atoms with van der Waals surface area (Å²) in [7, 11) is 0. The zero-order chi connectivity index (χ0) is 9.14. The van der Waals surface area contributed by atoms with Crippen molar-refractivity contribution in [1.29, 1.82) is 0 Å². The van der Waals surface area contributed by atoms with Gasteiger partial charge in [-0.25, -0.2) is 0 Å². The molecule has 12 heavy (non-hydrogen) atoms. The molecule has 5 heteroatoms. The Morgan fingerprint density at radius 1 is 1.42 bits per heavy atom. The first-order valence-corrected chi connectivity index (χ1v) is 4.53. The Bertz CT molecular complexity index is 314. The molecule has 0 fully saturated rings. The van der Waals surface area contributed by atoms with E-state index in [1.54, 1.807) is 18.2 Å². The van der Waals surface area contributed by atoms with E-state index >= 15 is 0 Å². The molecular weight excluding hydrogens is 176 g/mol. The van der Waals surface area contributed by atoms with Crippen LogP contribution in [0.15, 0.2) is 18.2 Å². The Balaban J connectivity index is 2.97. The van der Waals surface area contributed by atoms with E-state index in [1.807, 2.05) is 0 Å². The van der Waals surface area contributed by atoms with Crippen molar-refractivity contribution < 1.29 is 8.76 Å². The van der Waals surface area contributed by atoms with Gasteiger partial charge in [-0.1, -0.05) is 11.1 Å². The lowest BCUT2D eigenvalue weighted by molar-refractivity contribution is 0.536. The standard InChI is InChI=1S/C7H10N2O2S/c8-6-1-2-7(9)5(3-6)4-12(10)11/h1-3H,4,8-9H2,(H,10,11)/p-1. The fraction of sp³-hybridized carbons (Fsp3) is 0.143. The highest BCUT2D eigenvalue weighted by atomic mass is 32.2. The first-order valence-electron chi connectivity index (χ1n) is 3.29. The van der Waals surface area contributed by atoms with Crippen LogP contribution in [0.2, 0.25) is 0 Å². The Labute approximate surface area is 72.9 Å². The molecular formula is C7H9N2O2S-. The molecule has 0 amide bonds. The van der Waals surface area contributed by atoms with Crippen molar-refractivity contribution >= 4 is 22.5 Å². The average molecular weight is 185 g/mol. The zero-order valence-electron chi connectivity index (χ0n) is 6.32. The molecule has 1 rings (SSSR count). The van der Waals surface area contributed by atoms with Crippen LogP contribution in [-0.2, 0) is 16.8 Å². The number of benzene rings is 1. The van der Waals surface area contributed by atoms with Gasteiger partial charge in [0.1, 0.15) is 0 Å². The highest BCUT2D eigenvalue weighted by Gasteiger charge is 1.98. The summed E-state index contributed by atoms with van der Waals surface area (Å²) < 4.78 is 20.7. The van der Waals surface area contributed by atoms with Crippen LogP contribution in [0.1, 0.15) is 5.56 Å². The monoisotopic (exact) mass is 185 g/mol. The Morgan fingerprint density at radius 2 is 2.08 bits per heavy atom. The molecule has 4 nitrogen and oxygen atoms in total. The topological polar surface area (TPSA) is 92.2 Å². The second-order valence-corrected chi connectivity index (χ2v) is 3.30. The van der Waals surface area contributed by atoms with Crippen LogP contribution >= 0.6 is 0 Å². The van der Waals surface area contributed by atoms with Gasteiger partial charge in [-0.05, 0) is 23.8 Å². The molecule has 4 N–H and O–H groups in total. The van der Waals surface area contributed by atoms with Gasteiger partial charge in [0.15, 0.2) is 0 Å². The van der Waals surface area contributed by atoms with E-state index in [1.165, 1.54) is 0 Å². The first kappa shape index (κ1) is 9.02. The molecule has 0 saturated heterocycles. The molecule has 66 valence electrons. The lowest BCUT2D eigenvalue weighted by atomic mass is 10.2.